The van der Waals surface area contributed by atoms with E-state index >= 15 is 0 Å². The zero-order valence-electron chi connectivity index (χ0n) is 13.8. The second kappa shape index (κ2) is 6.54. The Morgan fingerprint density at radius 2 is 2.00 bits per heavy atom. The van der Waals surface area contributed by atoms with E-state index in [0.717, 1.165) is 22.6 Å². The van der Waals surface area contributed by atoms with Crippen LogP contribution in [0.5, 0.6) is 0 Å². The molecule has 0 N–H and O–H groups in total. The average Bonchev–Trinajstić information content (AvgIpc) is 2.87. The summed E-state index contributed by atoms with van der Waals surface area (Å²) >= 11 is 0. The van der Waals surface area contributed by atoms with Gasteiger partial charge in [0.05, 0.1) is 24.8 Å². The number of carbonyl (C=O) groups excluding carboxylic acids is 1. The molecule has 1 aliphatic rings. The van der Waals surface area contributed by atoms with E-state index in [1.165, 1.54) is 0 Å². The molecule has 5 heteroatoms. The number of aromatic nitrogens is 1. The molecule has 2 heterocycles. The molecule has 5 nitrogen and oxygen atoms in total. The fraction of sp³-hybridized carbons (Fsp3) is 0.444. The smallest absolute Gasteiger partial charge is 0.227 e. The number of hydrogen-bond acceptors (Lipinski definition) is 4. The molecule has 2 unspecified atom stereocenters. The largest absolute Gasteiger partial charge is 0.367 e. The van der Waals surface area contributed by atoms with Crippen molar-refractivity contribution in [3.05, 3.63) is 52.9 Å². The molecule has 122 valence electrons. The number of hydrogen-bond donors (Lipinski definition) is 0. The molecule has 0 bridgehead atoms. The molecule has 1 aliphatic heterocycles. The van der Waals surface area contributed by atoms with Crippen molar-refractivity contribution in [2.75, 3.05) is 13.1 Å². The number of aryl methyl sites for hydroxylation is 2. The van der Waals surface area contributed by atoms with Crippen molar-refractivity contribution >= 4 is 5.91 Å². The maximum Gasteiger partial charge on any atom is 0.227 e. The van der Waals surface area contributed by atoms with Gasteiger partial charge in [-0.2, -0.15) is 0 Å². The molecule has 1 fully saturated rings. The van der Waals surface area contributed by atoms with Gasteiger partial charge >= 0.3 is 0 Å². The van der Waals surface area contributed by atoms with Gasteiger partial charge in [-0.3, -0.25) is 4.79 Å². The van der Waals surface area contributed by atoms with E-state index in [1.807, 2.05) is 56.0 Å². The van der Waals surface area contributed by atoms with Crippen molar-refractivity contribution in [1.29, 1.82) is 0 Å². The van der Waals surface area contributed by atoms with Crippen LogP contribution in [0, 0.1) is 13.8 Å². The minimum atomic E-state index is -0.0754. The number of ether oxygens (including phenoxy) is 1. The SMILES string of the molecule is Cc1noc(C)c1CC(=O)N1CC(C)OC(c2ccccc2)C1. The Morgan fingerprint density at radius 3 is 2.65 bits per heavy atom. The molecule has 1 aromatic heterocycles. The topological polar surface area (TPSA) is 55.6 Å². The lowest BCUT2D eigenvalue weighted by atomic mass is 10.0. The van der Waals surface area contributed by atoms with E-state index in [2.05, 4.69) is 5.16 Å². The maximum absolute atomic E-state index is 12.7. The van der Waals surface area contributed by atoms with Gasteiger partial charge in [0.1, 0.15) is 11.9 Å². The Balaban J connectivity index is 1.73. The summed E-state index contributed by atoms with van der Waals surface area (Å²) in [5.74, 6) is 0.812. The molecular formula is C18H22N2O3. The van der Waals surface area contributed by atoms with Crippen LogP contribution in [0.15, 0.2) is 34.9 Å². The number of benzene rings is 1. The van der Waals surface area contributed by atoms with E-state index in [1.54, 1.807) is 0 Å². The van der Waals surface area contributed by atoms with Crippen LogP contribution in [0.25, 0.3) is 0 Å². The van der Waals surface area contributed by atoms with Crippen LogP contribution >= 0.6 is 0 Å². The normalized spacial score (nSPS) is 21.4. The van der Waals surface area contributed by atoms with Crippen molar-refractivity contribution in [2.45, 2.75) is 39.4 Å². The Morgan fingerprint density at radius 1 is 1.26 bits per heavy atom. The molecule has 0 spiro atoms. The van der Waals surface area contributed by atoms with Gasteiger partial charge in [0.2, 0.25) is 5.91 Å². The lowest BCUT2D eigenvalue weighted by molar-refractivity contribution is -0.144. The molecule has 23 heavy (non-hydrogen) atoms. The summed E-state index contributed by atoms with van der Waals surface area (Å²) in [6.07, 6.45) is 0.270. The first-order valence-corrected chi connectivity index (χ1v) is 7.94. The van der Waals surface area contributed by atoms with Crippen LogP contribution in [-0.2, 0) is 16.0 Å². The molecule has 2 atom stereocenters. The fourth-order valence-electron chi connectivity index (χ4n) is 3.02. The number of morpholine rings is 1. The number of amides is 1. The third-order valence-corrected chi connectivity index (χ3v) is 4.29. The van der Waals surface area contributed by atoms with Crippen LogP contribution in [0.3, 0.4) is 0 Å². The summed E-state index contributed by atoms with van der Waals surface area (Å²) in [5.41, 5.74) is 2.79. The predicted molar refractivity (Wildman–Crippen MR) is 86.0 cm³/mol. The minimum absolute atomic E-state index is 0.0163. The van der Waals surface area contributed by atoms with Crippen molar-refractivity contribution < 1.29 is 14.1 Å². The zero-order valence-corrected chi connectivity index (χ0v) is 13.8. The van der Waals surface area contributed by atoms with E-state index < -0.39 is 0 Å². The quantitative estimate of drug-likeness (QED) is 0.874. The third-order valence-electron chi connectivity index (χ3n) is 4.29. The molecule has 1 saturated heterocycles. The summed E-state index contributed by atoms with van der Waals surface area (Å²) in [6.45, 7) is 6.92. The van der Waals surface area contributed by atoms with Gasteiger partial charge in [-0.25, -0.2) is 0 Å². The van der Waals surface area contributed by atoms with Crippen LogP contribution in [0.2, 0.25) is 0 Å². The first kappa shape index (κ1) is 15.7. The van der Waals surface area contributed by atoms with Gasteiger partial charge in [0.25, 0.3) is 0 Å². The Labute approximate surface area is 136 Å². The van der Waals surface area contributed by atoms with Crippen LogP contribution in [0.4, 0.5) is 0 Å². The predicted octanol–water partition coefficient (Wildman–Crippen LogP) is 2.82. The van der Waals surface area contributed by atoms with E-state index in [4.69, 9.17) is 9.26 Å². The molecule has 0 radical (unpaired) electrons. The standard InChI is InChI=1S/C18H22N2O3/c1-12-10-20(11-17(22-12)15-7-5-4-6-8-15)18(21)9-16-13(2)19-23-14(16)3/h4-8,12,17H,9-11H2,1-3H3. The summed E-state index contributed by atoms with van der Waals surface area (Å²) in [4.78, 5) is 14.6. The van der Waals surface area contributed by atoms with Crippen molar-refractivity contribution in [3.8, 4) is 0 Å². The van der Waals surface area contributed by atoms with Gasteiger partial charge in [-0.15, -0.1) is 0 Å². The second-order valence-corrected chi connectivity index (χ2v) is 6.12. The highest BCUT2D eigenvalue weighted by atomic mass is 16.5. The lowest BCUT2D eigenvalue weighted by Gasteiger charge is -2.37. The van der Waals surface area contributed by atoms with E-state index in [0.29, 0.717) is 19.5 Å². The zero-order chi connectivity index (χ0) is 16.4. The molecule has 2 aromatic rings. The third kappa shape index (κ3) is 3.45. The highest BCUT2D eigenvalue weighted by molar-refractivity contribution is 5.79. The summed E-state index contributed by atoms with van der Waals surface area (Å²) in [5, 5.41) is 3.92. The Bertz CT molecular complexity index is 661. The van der Waals surface area contributed by atoms with E-state index in [-0.39, 0.29) is 18.1 Å². The first-order valence-electron chi connectivity index (χ1n) is 7.94. The molecule has 0 saturated carbocycles. The number of carbonyl (C=O) groups is 1. The van der Waals surface area contributed by atoms with Crippen LogP contribution in [0.1, 0.15) is 35.6 Å². The molecule has 0 aliphatic carbocycles. The Hall–Kier alpha value is -2.14. The highest BCUT2D eigenvalue weighted by Gasteiger charge is 2.30. The lowest BCUT2D eigenvalue weighted by Crippen LogP contribution is -2.46. The second-order valence-electron chi connectivity index (χ2n) is 6.12. The van der Waals surface area contributed by atoms with Crippen molar-refractivity contribution in [1.82, 2.24) is 10.1 Å². The van der Waals surface area contributed by atoms with E-state index in [9.17, 15) is 4.79 Å². The number of rotatable bonds is 3. The Kier molecular flexibility index (Phi) is 4.48. The van der Waals surface area contributed by atoms with Gasteiger partial charge in [-0.1, -0.05) is 35.5 Å². The van der Waals surface area contributed by atoms with Gasteiger partial charge in [-0.05, 0) is 26.3 Å². The van der Waals surface area contributed by atoms with Crippen LogP contribution in [-0.4, -0.2) is 35.2 Å². The summed E-state index contributed by atoms with van der Waals surface area (Å²) in [7, 11) is 0. The molecule has 1 amide bonds. The van der Waals surface area contributed by atoms with Gasteiger partial charge < -0.3 is 14.2 Å². The van der Waals surface area contributed by atoms with Crippen molar-refractivity contribution in [3.63, 3.8) is 0 Å². The highest BCUT2D eigenvalue weighted by Crippen LogP contribution is 2.26. The molecule has 3 rings (SSSR count). The first-order chi connectivity index (χ1) is 11.0. The molecule has 1 aromatic carbocycles. The number of nitrogens with zero attached hydrogens (tertiary/aromatic N) is 2. The maximum atomic E-state index is 12.7. The minimum Gasteiger partial charge on any atom is -0.367 e. The average molecular weight is 314 g/mol. The van der Waals surface area contributed by atoms with Gasteiger partial charge in [0.15, 0.2) is 0 Å². The monoisotopic (exact) mass is 314 g/mol. The summed E-state index contributed by atoms with van der Waals surface area (Å²) < 4.78 is 11.2. The van der Waals surface area contributed by atoms with Gasteiger partial charge in [0, 0.05) is 12.1 Å². The molecular weight excluding hydrogens is 292 g/mol. The van der Waals surface area contributed by atoms with Crippen LogP contribution < -0.4 is 0 Å². The van der Waals surface area contributed by atoms with Crippen molar-refractivity contribution in [2.24, 2.45) is 0 Å². The fourth-order valence-corrected chi connectivity index (χ4v) is 3.02. The summed E-state index contributed by atoms with van der Waals surface area (Å²) in [6, 6.07) is 10.1.